The molecule has 12 nitrogen and oxygen atoms in total. The molecule has 0 spiro atoms. The Morgan fingerprint density at radius 1 is 1.11 bits per heavy atom. The lowest BCUT2D eigenvalue weighted by molar-refractivity contribution is -0.0907. The summed E-state index contributed by atoms with van der Waals surface area (Å²) in [6.07, 6.45) is -0.367. The minimum absolute atomic E-state index is 0.0233. The third-order valence-electron chi connectivity index (χ3n) is 8.18. The number of thiazole rings is 1. The van der Waals surface area contributed by atoms with Crippen LogP contribution in [0, 0.1) is 18.8 Å². The van der Waals surface area contributed by atoms with Gasteiger partial charge in [0.25, 0.3) is 0 Å². The van der Waals surface area contributed by atoms with Crippen LogP contribution in [0.25, 0.3) is 0 Å². The first-order valence-corrected chi connectivity index (χ1v) is 18.1. The monoisotopic (exact) mass is 688 g/mol. The fraction of sp³-hybridized carbons (Fsp3) is 0.515. The largest absolute Gasteiger partial charge is 0.497 e. The summed E-state index contributed by atoms with van der Waals surface area (Å²) in [6, 6.07) is 12.3. The second-order valence-electron chi connectivity index (χ2n) is 12.3. The van der Waals surface area contributed by atoms with Crippen molar-refractivity contribution in [2.75, 3.05) is 33.4 Å². The van der Waals surface area contributed by atoms with E-state index in [9.17, 15) is 13.2 Å². The highest BCUT2D eigenvalue weighted by atomic mass is 32.2. The fourth-order valence-corrected chi connectivity index (χ4v) is 7.96. The third-order valence-corrected chi connectivity index (χ3v) is 10.8. The van der Waals surface area contributed by atoms with Gasteiger partial charge in [0, 0.05) is 24.5 Å². The second kappa shape index (κ2) is 15.8. The maximum atomic E-state index is 13.8. The van der Waals surface area contributed by atoms with Gasteiger partial charge < -0.3 is 34.7 Å². The van der Waals surface area contributed by atoms with Gasteiger partial charge in [0.05, 0.1) is 47.9 Å². The molecular formula is C33H44N4O8S2. The first kappa shape index (κ1) is 35.0. The van der Waals surface area contributed by atoms with Crippen molar-refractivity contribution in [3.63, 3.8) is 0 Å². The summed E-state index contributed by atoms with van der Waals surface area (Å²) in [4.78, 5) is 17.8. The number of ether oxygens (including phenoxy) is 5. The molecule has 5 rings (SSSR count). The highest BCUT2D eigenvalue weighted by Crippen LogP contribution is 2.33. The van der Waals surface area contributed by atoms with Crippen LogP contribution >= 0.6 is 11.3 Å². The zero-order valence-electron chi connectivity index (χ0n) is 27.2. The number of methoxy groups -OCH3 is 1. The summed E-state index contributed by atoms with van der Waals surface area (Å²) in [5, 5.41) is 5.89. The van der Waals surface area contributed by atoms with E-state index in [1.54, 1.807) is 23.5 Å². The van der Waals surface area contributed by atoms with E-state index >= 15 is 0 Å². The molecule has 2 aliphatic rings. The van der Waals surface area contributed by atoms with Crippen LogP contribution in [0.3, 0.4) is 0 Å². The van der Waals surface area contributed by atoms with E-state index in [1.165, 1.54) is 23.5 Å². The lowest BCUT2D eigenvalue weighted by Crippen LogP contribution is -2.55. The highest BCUT2D eigenvalue weighted by molar-refractivity contribution is 7.89. The summed E-state index contributed by atoms with van der Waals surface area (Å²) in [7, 11) is -2.39. The molecule has 0 aliphatic carbocycles. The molecule has 2 aliphatic heterocycles. The van der Waals surface area contributed by atoms with E-state index in [0.717, 1.165) is 22.7 Å². The average Bonchev–Trinajstić information content (AvgIpc) is 3.78. The van der Waals surface area contributed by atoms with Crippen LogP contribution in [-0.4, -0.2) is 81.7 Å². The number of amides is 1. The summed E-state index contributed by atoms with van der Waals surface area (Å²) in [6.45, 7) is 7.22. The van der Waals surface area contributed by atoms with Gasteiger partial charge in [0.1, 0.15) is 24.2 Å². The Labute approximate surface area is 280 Å². The van der Waals surface area contributed by atoms with Gasteiger partial charge in [0.15, 0.2) is 6.29 Å². The number of hydrogen-bond acceptors (Lipinski definition) is 11. The molecule has 0 bridgehead atoms. The number of carbonyl (C=O) groups is 1. The maximum absolute atomic E-state index is 13.8. The standard InChI is InChI=1S/C33H44N4O8S2/c1-21(2)16-37(47(39,40)27-11-9-25(41-4)10-12-27)17-29(34)30(36-33(38)45-31-19-44-32-28(31)13-14-42-32)15-23-5-7-26(8-6-23)43-18-24-20-46-22(3)35-24/h5-12,20-21,28-32H,13-19,34H2,1-4H3,(H,36,38)/t28-,29+,30-,31-,32+/m0/s1. The SMILES string of the molecule is COc1ccc(S(=O)(=O)N(CC(C)C)C[C@@H](N)[C@H](Cc2ccc(OCc3csc(C)n3)cc2)NC(=O)O[C@H]2CO[C@H]3OCC[C@H]32)cc1. The number of nitrogens with one attached hydrogen (secondary N) is 1. The zero-order chi connectivity index (χ0) is 33.6. The van der Waals surface area contributed by atoms with E-state index in [-0.39, 0.29) is 42.7 Å². The number of sulfonamides is 1. The molecule has 256 valence electrons. The molecule has 1 amide bonds. The van der Waals surface area contributed by atoms with Gasteiger partial charge in [-0.05, 0) is 67.6 Å². The normalized spacial score (nSPS) is 20.6. The molecule has 2 aromatic carbocycles. The number of hydrogen-bond donors (Lipinski definition) is 2. The number of nitrogens with zero attached hydrogens (tertiary/aromatic N) is 2. The molecule has 0 radical (unpaired) electrons. The fourth-order valence-electron chi connectivity index (χ4n) is 5.72. The van der Waals surface area contributed by atoms with Crippen molar-refractivity contribution in [3.8, 4) is 11.5 Å². The average molecular weight is 689 g/mol. The lowest BCUT2D eigenvalue weighted by Gasteiger charge is -2.31. The van der Waals surface area contributed by atoms with Crippen LogP contribution < -0.4 is 20.5 Å². The van der Waals surface area contributed by atoms with Gasteiger partial charge in [-0.25, -0.2) is 18.2 Å². The summed E-state index contributed by atoms with van der Waals surface area (Å²) in [5.41, 5.74) is 8.52. The number of aryl methyl sites for hydroxylation is 1. The van der Waals surface area contributed by atoms with Crippen molar-refractivity contribution in [3.05, 3.63) is 70.2 Å². The van der Waals surface area contributed by atoms with E-state index in [1.807, 2.05) is 50.4 Å². The third kappa shape index (κ3) is 9.21. The van der Waals surface area contributed by atoms with Gasteiger partial charge in [-0.1, -0.05) is 26.0 Å². The molecule has 2 saturated heterocycles. The molecule has 5 atom stereocenters. The van der Waals surface area contributed by atoms with Crippen molar-refractivity contribution in [1.82, 2.24) is 14.6 Å². The molecule has 0 unspecified atom stereocenters. The van der Waals surface area contributed by atoms with E-state index in [4.69, 9.17) is 29.4 Å². The first-order chi connectivity index (χ1) is 22.5. The Hall–Kier alpha value is -3.27. The van der Waals surface area contributed by atoms with Crippen LogP contribution in [0.15, 0.2) is 58.8 Å². The smallest absolute Gasteiger partial charge is 0.407 e. The van der Waals surface area contributed by atoms with Crippen LogP contribution in [0.4, 0.5) is 4.79 Å². The van der Waals surface area contributed by atoms with Gasteiger partial charge in [-0.2, -0.15) is 4.31 Å². The van der Waals surface area contributed by atoms with Crippen molar-refractivity contribution in [2.45, 2.75) is 69.6 Å². The van der Waals surface area contributed by atoms with Crippen molar-refractivity contribution < 1.29 is 36.9 Å². The molecule has 3 heterocycles. The van der Waals surface area contributed by atoms with Crippen LogP contribution in [0.5, 0.6) is 11.5 Å². The number of fused-ring (bicyclic) bond motifs is 1. The Morgan fingerprint density at radius 2 is 1.83 bits per heavy atom. The number of benzene rings is 2. The summed E-state index contributed by atoms with van der Waals surface area (Å²) >= 11 is 1.57. The van der Waals surface area contributed by atoms with Crippen LogP contribution in [0.1, 0.15) is 36.5 Å². The second-order valence-corrected chi connectivity index (χ2v) is 15.3. The minimum atomic E-state index is -3.91. The molecule has 3 N–H and O–H groups in total. The summed E-state index contributed by atoms with van der Waals surface area (Å²) < 4.78 is 57.1. The molecule has 2 fully saturated rings. The Morgan fingerprint density at radius 3 is 2.49 bits per heavy atom. The topological polar surface area (TPSA) is 152 Å². The lowest BCUT2D eigenvalue weighted by atomic mass is 9.99. The predicted molar refractivity (Wildman–Crippen MR) is 177 cm³/mol. The minimum Gasteiger partial charge on any atom is -0.497 e. The Bertz CT molecular complexity index is 1570. The number of aromatic nitrogens is 1. The molecule has 3 aromatic rings. The Kier molecular flexibility index (Phi) is 11.7. The van der Waals surface area contributed by atoms with Crippen LogP contribution in [-0.2, 0) is 37.3 Å². The molecule has 1 aromatic heterocycles. The number of rotatable bonds is 15. The van der Waals surface area contributed by atoms with Gasteiger partial charge in [0.2, 0.25) is 10.0 Å². The quantitative estimate of drug-likeness (QED) is 0.239. The van der Waals surface area contributed by atoms with Gasteiger partial charge in [-0.3, -0.25) is 0 Å². The maximum Gasteiger partial charge on any atom is 0.407 e. The number of carbonyl (C=O) groups excluding carboxylic acids is 1. The Balaban J connectivity index is 1.31. The summed E-state index contributed by atoms with van der Waals surface area (Å²) in [5.74, 6) is 1.23. The van der Waals surface area contributed by atoms with E-state index in [0.29, 0.717) is 31.1 Å². The van der Waals surface area contributed by atoms with Crippen LogP contribution in [0.2, 0.25) is 0 Å². The molecule has 0 saturated carbocycles. The first-order valence-electron chi connectivity index (χ1n) is 15.7. The van der Waals surface area contributed by atoms with Crippen molar-refractivity contribution in [1.29, 1.82) is 0 Å². The van der Waals surface area contributed by atoms with Crippen molar-refractivity contribution in [2.24, 2.45) is 17.6 Å². The van der Waals surface area contributed by atoms with Gasteiger partial charge in [-0.15, -0.1) is 11.3 Å². The number of nitrogens with two attached hydrogens (primary N) is 1. The van der Waals surface area contributed by atoms with E-state index < -0.39 is 34.3 Å². The molecular weight excluding hydrogens is 645 g/mol. The van der Waals surface area contributed by atoms with Gasteiger partial charge >= 0.3 is 6.09 Å². The predicted octanol–water partition coefficient (Wildman–Crippen LogP) is 4.11. The van der Waals surface area contributed by atoms with Crippen molar-refractivity contribution >= 4 is 27.5 Å². The number of alkyl carbamates (subject to hydrolysis) is 1. The highest BCUT2D eigenvalue weighted by Gasteiger charge is 2.44. The molecule has 14 heteroatoms. The molecule has 47 heavy (non-hydrogen) atoms. The van der Waals surface area contributed by atoms with E-state index in [2.05, 4.69) is 10.3 Å². The zero-order valence-corrected chi connectivity index (χ0v) is 28.8.